The molecule has 0 saturated carbocycles. The number of hydrogen-bond acceptors (Lipinski definition) is 16. The highest BCUT2D eigenvalue weighted by Crippen LogP contribution is 2.21. The van der Waals surface area contributed by atoms with Gasteiger partial charge in [-0.1, -0.05) is 24.3 Å². The van der Waals surface area contributed by atoms with Crippen LogP contribution >= 0.6 is 0 Å². The third-order valence-corrected chi connectivity index (χ3v) is 9.90. The Bertz CT molecular complexity index is 1840. The number of aldehydes is 1. The lowest BCUT2D eigenvalue weighted by atomic mass is 10.00. The first-order valence-corrected chi connectivity index (χ1v) is 21.2. The van der Waals surface area contributed by atoms with Gasteiger partial charge in [-0.3, -0.25) is 14.6 Å². The van der Waals surface area contributed by atoms with E-state index < -0.39 is 11.6 Å². The van der Waals surface area contributed by atoms with E-state index in [0.717, 1.165) is 54.0 Å². The van der Waals surface area contributed by atoms with E-state index in [4.69, 9.17) is 24.7 Å². The van der Waals surface area contributed by atoms with Gasteiger partial charge in [0.25, 0.3) is 5.56 Å². The molecule has 0 spiro atoms. The van der Waals surface area contributed by atoms with Crippen LogP contribution in [-0.4, -0.2) is 160 Å². The van der Waals surface area contributed by atoms with Crippen LogP contribution in [-0.2, 0) is 41.6 Å². The smallest absolute Gasteiger partial charge is 0.277 e. The van der Waals surface area contributed by atoms with Gasteiger partial charge in [-0.15, -0.1) is 5.10 Å². The number of carbonyl (C=O) groups is 2. The zero-order valence-corrected chi connectivity index (χ0v) is 37.1. The van der Waals surface area contributed by atoms with Gasteiger partial charge in [0.05, 0.1) is 83.2 Å². The molecule has 1 amide bonds. The fourth-order valence-electron chi connectivity index (χ4n) is 6.15. The molecule has 1 unspecified atom stereocenters. The summed E-state index contributed by atoms with van der Waals surface area (Å²) in [7, 11) is 5.56. The van der Waals surface area contributed by atoms with Crippen LogP contribution in [0.15, 0.2) is 52.2 Å². The van der Waals surface area contributed by atoms with Crippen LogP contribution < -0.4 is 32.6 Å². The van der Waals surface area contributed by atoms with Crippen molar-refractivity contribution in [1.82, 2.24) is 45.6 Å². The molecule has 0 aliphatic rings. The number of anilines is 1. The van der Waals surface area contributed by atoms with Crippen LogP contribution in [0.5, 0.6) is 0 Å². The first-order valence-electron chi connectivity index (χ1n) is 21.2. The van der Waals surface area contributed by atoms with E-state index in [2.05, 4.69) is 80.5 Å². The maximum Gasteiger partial charge on any atom is 0.277 e. The Morgan fingerprint density at radius 2 is 1.74 bits per heavy atom. The Morgan fingerprint density at radius 1 is 1.03 bits per heavy atom. The molecular weight excluding hydrogens is 785 g/mol. The number of aliphatic imine (C=N–C) groups is 1. The van der Waals surface area contributed by atoms with Crippen molar-refractivity contribution in [3.8, 4) is 0 Å². The Labute approximate surface area is 360 Å². The average Bonchev–Trinajstić information content (AvgIpc) is 3.73. The lowest BCUT2D eigenvalue weighted by Gasteiger charge is -2.29. The third kappa shape index (κ3) is 18.9. The summed E-state index contributed by atoms with van der Waals surface area (Å²) in [6.45, 7) is 14.6. The van der Waals surface area contributed by atoms with Gasteiger partial charge in [0, 0.05) is 80.9 Å². The molecule has 340 valence electrons. The molecule has 2 aromatic heterocycles. The number of amides is 1. The lowest BCUT2D eigenvalue weighted by Crippen LogP contribution is -2.42. The number of carbonyl (C=O) groups excluding carboxylic acids is 2. The molecule has 0 aliphatic carbocycles. The van der Waals surface area contributed by atoms with Crippen LogP contribution in [0, 0.1) is 0 Å². The van der Waals surface area contributed by atoms with Crippen LogP contribution in [0.3, 0.4) is 0 Å². The topological polar surface area (TPSA) is 226 Å². The van der Waals surface area contributed by atoms with E-state index in [1.165, 1.54) is 7.05 Å². The second kappa shape index (κ2) is 28.8. The van der Waals surface area contributed by atoms with Gasteiger partial charge >= 0.3 is 0 Å². The Hall–Kier alpha value is -4.63. The van der Waals surface area contributed by atoms with Gasteiger partial charge in [-0.2, -0.15) is 5.10 Å². The number of nitrogens with one attached hydrogen (secondary N) is 4. The monoisotopic (exact) mass is 855 g/mol. The molecule has 0 radical (unpaired) electrons. The van der Waals surface area contributed by atoms with E-state index in [1.54, 1.807) is 23.0 Å². The molecule has 1 atom stereocenters. The molecule has 0 saturated heterocycles. The van der Waals surface area contributed by atoms with Gasteiger partial charge < -0.3 is 55.6 Å². The highest BCUT2D eigenvalue weighted by atomic mass is 16.6. The second-order valence-electron chi connectivity index (χ2n) is 15.1. The summed E-state index contributed by atoms with van der Waals surface area (Å²) in [6.07, 6.45) is 8.49. The van der Waals surface area contributed by atoms with E-state index in [1.807, 2.05) is 19.3 Å². The summed E-state index contributed by atoms with van der Waals surface area (Å²) in [5.74, 6) is -0.386. The van der Waals surface area contributed by atoms with Crippen molar-refractivity contribution < 1.29 is 28.5 Å². The number of nitrogens with two attached hydrogens (primary N) is 1. The van der Waals surface area contributed by atoms with E-state index >= 15 is 0 Å². The summed E-state index contributed by atoms with van der Waals surface area (Å²) >= 11 is 0. The van der Waals surface area contributed by atoms with Crippen LogP contribution in [0.25, 0.3) is 10.8 Å². The Morgan fingerprint density at radius 3 is 2.39 bits per heavy atom. The highest BCUT2D eigenvalue weighted by Gasteiger charge is 2.23. The number of nitrogens with zero attached hydrogens (tertiary/aromatic N) is 7. The molecule has 0 aliphatic heterocycles. The number of aromatic nitrogens is 5. The molecule has 6 N–H and O–H groups in total. The van der Waals surface area contributed by atoms with Gasteiger partial charge in [-0.05, 0) is 58.8 Å². The maximum atomic E-state index is 13.4. The molecule has 3 aromatic rings. The first-order chi connectivity index (χ1) is 29.5. The summed E-state index contributed by atoms with van der Waals surface area (Å²) in [6, 6.07) is 4.51. The highest BCUT2D eigenvalue weighted by molar-refractivity contribution is 5.93. The molecular formula is C42H70N12O7. The lowest BCUT2D eigenvalue weighted by molar-refractivity contribution is -0.124. The first kappa shape index (κ1) is 50.7. The fourth-order valence-corrected chi connectivity index (χ4v) is 6.15. The quantitative estimate of drug-likeness (QED) is 0.0326. The Balaban J connectivity index is 1.21. The van der Waals surface area contributed by atoms with Crippen molar-refractivity contribution in [3.05, 3.63) is 58.4 Å². The van der Waals surface area contributed by atoms with Gasteiger partial charge in [0.2, 0.25) is 5.91 Å². The third-order valence-electron chi connectivity index (χ3n) is 9.90. The number of hydrogen-bond donors (Lipinski definition) is 5. The number of likely N-dealkylation sites (N-methyl/N-ethyl adjacent to an activating group) is 3. The van der Waals surface area contributed by atoms with Crippen molar-refractivity contribution in [2.24, 2.45) is 10.7 Å². The minimum Gasteiger partial charge on any atom is -0.391 e. The van der Waals surface area contributed by atoms with Crippen molar-refractivity contribution in [2.75, 3.05) is 112 Å². The van der Waals surface area contributed by atoms with Gasteiger partial charge in [0.15, 0.2) is 0 Å². The summed E-state index contributed by atoms with van der Waals surface area (Å²) < 4.78 is 25.6. The van der Waals surface area contributed by atoms with Gasteiger partial charge in [-0.25, -0.2) is 9.36 Å². The normalized spacial score (nSPS) is 12.9. The minimum atomic E-state index is -0.889. The molecule has 0 bridgehead atoms. The molecule has 19 nitrogen and oxygen atoms in total. The predicted octanol–water partition coefficient (Wildman–Crippen LogP) is 1.54. The minimum absolute atomic E-state index is 0.0825. The molecule has 61 heavy (non-hydrogen) atoms. The summed E-state index contributed by atoms with van der Waals surface area (Å²) in [5.41, 5.74) is 8.90. The van der Waals surface area contributed by atoms with Crippen LogP contribution in [0.4, 0.5) is 5.69 Å². The van der Waals surface area contributed by atoms with Crippen LogP contribution in [0.2, 0.25) is 0 Å². The molecule has 0 fully saturated rings. The number of rotatable bonds is 34. The van der Waals surface area contributed by atoms with Crippen LogP contribution in [0.1, 0.15) is 58.2 Å². The maximum absolute atomic E-state index is 13.4. The van der Waals surface area contributed by atoms with Crippen molar-refractivity contribution in [2.45, 2.75) is 71.1 Å². The molecule has 2 heterocycles. The average molecular weight is 855 g/mol. The zero-order chi connectivity index (χ0) is 44.3. The molecule has 3 rings (SSSR count). The number of ether oxygens (including phenoxy) is 4. The largest absolute Gasteiger partial charge is 0.391 e. The van der Waals surface area contributed by atoms with Crippen molar-refractivity contribution in [1.29, 1.82) is 0 Å². The standard InChI is InChI=1S/C42H70N12O7/c1-7-34(28-43)46-15-13-35(44-4)31-52(6)17-14-42(2,3)48-30-36-32-53(51-50-36)18-21-59-23-25-61-27-26-60-24-22-58-20-16-47-37-11-8-10-33-29-49-54(41(57)39(33)37)38(12-9-19-55)40(56)45-5/h8,10-11,13,19,29,32,38,44,47-48H,7,9,12,14-18,20-28,30-31,43H2,1-6H3,(H,45,56)/b35-13-,46-34-. The van der Waals surface area contributed by atoms with E-state index in [-0.39, 0.29) is 24.3 Å². The van der Waals surface area contributed by atoms with Crippen molar-refractivity contribution >= 4 is 34.4 Å². The number of fused-ring (bicyclic) bond motifs is 1. The SMILES string of the molecule is CC/C(CN)=N/C/C=C(/CN(C)CCC(C)(C)NCc1cn(CCOCCOCCOCCOCCNc2cccc3cnn(C(CCC=O)C(=O)NC)c(=O)c23)nn1)NC. The zero-order valence-electron chi connectivity index (χ0n) is 37.1. The fraction of sp³-hybridized carbons (Fsp3) is 0.643. The molecule has 1 aromatic carbocycles. The second-order valence-corrected chi connectivity index (χ2v) is 15.1. The van der Waals surface area contributed by atoms with E-state index in [9.17, 15) is 14.4 Å². The summed E-state index contributed by atoms with van der Waals surface area (Å²) in [5, 5.41) is 26.5. The van der Waals surface area contributed by atoms with E-state index in [0.29, 0.717) is 102 Å². The summed E-state index contributed by atoms with van der Waals surface area (Å²) in [4.78, 5) is 43.7. The van der Waals surface area contributed by atoms with Gasteiger partial charge in [0.1, 0.15) is 12.3 Å². The Kier molecular flexibility index (Phi) is 24.0. The molecule has 19 heteroatoms. The number of benzene rings is 1. The predicted molar refractivity (Wildman–Crippen MR) is 238 cm³/mol. The van der Waals surface area contributed by atoms with Crippen molar-refractivity contribution in [3.63, 3.8) is 0 Å².